The van der Waals surface area contributed by atoms with Gasteiger partial charge in [-0.15, -0.1) is 0 Å². The molecule has 0 unspecified atom stereocenters. The Morgan fingerprint density at radius 2 is 0.875 bits per heavy atom. The molecule has 1 rings (SSSR count). The van der Waals surface area contributed by atoms with Crippen molar-refractivity contribution in [1.29, 1.82) is 5.39 Å². The number of nitrogens with zero attached hydrogens (tertiary/aromatic N) is 5. The topological polar surface area (TPSA) is 90.2 Å². The Morgan fingerprint density at radius 3 is 0.917 bits per heavy atom. The van der Waals surface area contributed by atoms with Gasteiger partial charge in [-0.2, -0.15) is 0 Å². The summed E-state index contributed by atoms with van der Waals surface area (Å²) in [5.74, 6) is 0. The van der Waals surface area contributed by atoms with Crippen LogP contribution in [-0.4, -0.2) is 31.1 Å². The molecule has 24 heavy (non-hydrogen) atoms. The molecule has 0 aromatic carbocycles. The fraction of sp³-hybridized carbons (Fsp3) is 0.867. The maximum Gasteiger partial charge on any atom is 0.370 e. The Labute approximate surface area is 212 Å². The summed E-state index contributed by atoms with van der Waals surface area (Å²) in [6, 6.07) is -1.20. The van der Waals surface area contributed by atoms with Gasteiger partial charge in [0, 0.05) is 82.5 Å². The van der Waals surface area contributed by atoms with E-state index in [9.17, 15) is 9.59 Å². The van der Waals surface area contributed by atoms with Crippen molar-refractivity contribution in [3.63, 3.8) is 0 Å². The first kappa shape index (κ1) is 64.2. The second-order valence-electron chi connectivity index (χ2n) is 1.52. The maximum atomic E-state index is 10.2. The molecule has 1 aliphatic heterocycles. The summed E-state index contributed by atoms with van der Waals surface area (Å²) in [4.78, 5) is 23.8. The summed E-state index contributed by atoms with van der Waals surface area (Å²) in [6.07, 6.45) is 0. The van der Waals surface area contributed by atoms with E-state index in [2.05, 4.69) is 15.2 Å². The van der Waals surface area contributed by atoms with Crippen LogP contribution in [0.15, 0.2) is 10.2 Å². The number of imide groups is 1. The van der Waals surface area contributed by atoms with Gasteiger partial charge >= 0.3 is 12.1 Å². The number of rotatable bonds is 0. The second kappa shape index (κ2) is 75.8. The predicted octanol–water partition coefficient (Wildman–Crippen LogP) is 7.11. The SMILES string of the molecule is C.C.C.CC.CC.CC.CC.CN1C(=O)N=NC1=O.C[N+]#N.[Ar].[Ar]. The van der Waals surface area contributed by atoms with Crippen molar-refractivity contribution in [2.45, 2.75) is 77.7 Å². The molecule has 4 amide bonds. The van der Waals surface area contributed by atoms with Gasteiger partial charge in [0.05, 0.1) is 0 Å². The molecule has 1 aliphatic rings. The molecular formula is C15H42Ar2N5O2+. The second-order valence-corrected chi connectivity index (χ2v) is 1.52. The average molecular weight is 404 g/mol. The average Bonchev–Trinajstić information content (AvgIpc) is 2.79. The number of carbonyl (C=O) groups excluding carboxylic acids is 2. The number of azo groups is 1. The van der Waals surface area contributed by atoms with E-state index in [-0.39, 0.29) is 97.8 Å². The van der Waals surface area contributed by atoms with E-state index < -0.39 is 12.1 Å². The van der Waals surface area contributed by atoms with Crippen molar-refractivity contribution in [1.82, 2.24) is 4.90 Å². The van der Waals surface area contributed by atoms with Crippen LogP contribution in [0.25, 0.3) is 4.98 Å². The van der Waals surface area contributed by atoms with E-state index in [4.69, 9.17) is 5.39 Å². The van der Waals surface area contributed by atoms with Gasteiger partial charge in [0.1, 0.15) is 4.98 Å². The summed E-state index contributed by atoms with van der Waals surface area (Å²) in [6.45, 7) is 16.0. The van der Waals surface area contributed by atoms with Crippen LogP contribution in [0.4, 0.5) is 9.59 Å². The van der Waals surface area contributed by atoms with E-state index in [1.54, 1.807) is 0 Å². The summed E-state index contributed by atoms with van der Waals surface area (Å²) in [5.41, 5.74) is 0. The largest absolute Gasteiger partial charge is 0.370 e. The molecule has 0 atom stereocenters. The Bertz CT molecular complexity index is 241. The Kier molecular flexibility index (Phi) is 203. The van der Waals surface area contributed by atoms with Crippen molar-refractivity contribution in [2.75, 3.05) is 14.1 Å². The van der Waals surface area contributed by atoms with Crippen LogP contribution < -0.4 is 0 Å². The van der Waals surface area contributed by atoms with Gasteiger partial charge in [-0.25, -0.2) is 14.5 Å². The number of amides is 4. The molecule has 0 radical (unpaired) electrons. The van der Waals surface area contributed by atoms with E-state index in [1.807, 2.05) is 55.4 Å². The molecule has 0 saturated carbocycles. The zero-order chi connectivity index (χ0) is 16.9. The van der Waals surface area contributed by atoms with Crippen molar-refractivity contribution in [3.05, 3.63) is 4.98 Å². The zero-order valence-corrected chi connectivity index (χ0v) is 16.2. The van der Waals surface area contributed by atoms with Crippen LogP contribution in [0.3, 0.4) is 0 Å². The van der Waals surface area contributed by atoms with Crippen LogP contribution in [0.5, 0.6) is 0 Å². The van der Waals surface area contributed by atoms with Gasteiger partial charge in [0.25, 0.3) is 7.05 Å². The number of hydrogen-bond acceptors (Lipinski definition) is 3. The molecule has 9 heteroatoms. The number of hydrogen-bond donors (Lipinski definition) is 0. The van der Waals surface area contributed by atoms with Crippen molar-refractivity contribution in [3.8, 4) is 0 Å². The van der Waals surface area contributed by atoms with Crippen LogP contribution in [0, 0.1) is 80.9 Å². The van der Waals surface area contributed by atoms with Crippen LogP contribution in [0.1, 0.15) is 77.7 Å². The normalized spacial score (nSPS) is 7.46. The molecule has 0 spiro atoms. The Balaban J connectivity index is -0.0000000136. The van der Waals surface area contributed by atoms with E-state index in [1.165, 1.54) is 14.1 Å². The molecule has 0 aromatic heterocycles. The van der Waals surface area contributed by atoms with Crippen molar-refractivity contribution in [2.24, 2.45) is 10.2 Å². The molecular weight excluding hydrogens is 362 g/mol. The van der Waals surface area contributed by atoms with E-state index in [0.29, 0.717) is 0 Å². The van der Waals surface area contributed by atoms with Gasteiger partial charge in [-0.1, -0.05) is 87.9 Å². The minimum atomic E-state index is -0.602. The summed E-state index contributed by atoms with van der Waals surface area (Å²) < 4.78 is 0. The van der Waals surface area contributed by atoms with Crippen molar-refractivity contribution < 1.29 is 85.1 Å². The molecule has 1 heterocycles. The first-order valence-electron chi connectivity index (χ1n) is 6.60. The summed E-state index contributed by atoms with van der Waals surface area (Å²) in [7, 11) is 2.63. The monoisotopic (exact) mass is 404 g/mol. The minimum Gasteiger partial charge on any atom is -0.244 e. The molecule has 154 valence electrons. The third kappa shape index (κ3) is 57.0. The zero-order valence-electron chi connectivity index (χ0n) is 14.8. The number of diazo groups is 1. The quantitative estimate of drug-likeness (QED) is 0.403. The first-order valence-corrected chi connectivity index (χ1v) is 6.60. The van der Waals surface area contributed by atoms with Gasteiger partial charge < -0.3 is 0 Å². The third-order valence-corrected chi connectivity index (χ3v) is 0.795. The number of carbonyl (C=O) groups is 2. The van der Waals surface area contributed by atoms with Crippen LogP contribution in [-0.2, 0) is 0 Å². The molecule has 0 fully saturated rings. The van der Waals surface area contributed by atoms with E-state index in [0.717, 1.165) is 4.90 Å². The molecule has 0 N–H and O–H groups in total. The van der Waals surface area contributed by atoms with Gasteiger partial charge in [0.15, 0.2) is 0 Å². The summed E-state index contributed by atoms with van der Waals surface area (Å²) in [5, 5.41) is 13.1. The molecule has 0 aromatic rings. The van der Waals surface area contributed by atoms with Crippen molar-refractivity contribution >= 4 is 12.1 Å². The van der Waals surface area contributed by atoms with Gasteiger partial charge in [-0.05, 0) is 0 Å². The molecule has 0 saturated heterocycles. The first-order chi connectivity index (χ1) is 9.13. The Morgan fingerprint density at radius 1 is 0.750 bits per heavy atom. The maximum absolute atomic E-state index is 10.2. The van der Waals surface area contributed by atoms with E-state index >= 15 is 0 Å². The Hall–Kier alpha value is 0.679. The molecule has 0 aliphatic carbocycles. The van der Waals surface area contributed by atoms with Crippen LogP contribution >= 0.6 is 0 Å². The smallest absolute Gasteiger partial charge is 0.244 e. The third-order valence-electron chi connectivity index (χ3n) is 0.795. The predicted molar refractivity (Wildman–Crippen MR) is 100 cm³/mol. The summed E-state index contributed by atoms with van der Waals surface area (Å²) >= 11 is 0. The fourth-order valence-corrected chi connectivity index (χ4v) is 0.302. The number of urea groups is 2. The van der Waals surface area contributed by atoms with Gasteiger partial charge in [0.2, 0.25) is 5.39 Å². The molecule has 7 nitrogen and oxygen atoms in total. The molecule has 0 bridgehead atoms. The standard InChI is InChI=1S/C3H3N3O2.4C2H6.CH3N2.3CH4.2Ar/c1-6-2(7)4-5-3(6)8;4*1-2;1-3-2;;;;;/h1H3;4*1-2H3;1H3;3*1H4;;/q;;;;;+1;;;;;. The van der Waals surface area contributed by atoms with Gasteiger partial charge in [-0.3, -0.25) is 0 Å². The minimum absolute atomic E-state index is 0. The van der Waals surface area contributed by atoms with Crippen LogP contribution in [0.2, 0.25) is 0 Å². The fourth-order valence-electron chi connectivity index (χ4n) is 0.302.